The Morgan fingerprint density at radius 1 is 1.00 bits per heavy atom. The Kier molecular flexibility index (Phi) is 5.55. The molecule has 0 fully saturated rings. The smallest absolute Gasteiger partial charge is 0.320 e. The van der Waals surface area contributed by atoms with Crippen LogP contribution in [-0.4, -0.2) is 18.4 Å². The molecule has 1 aliphatic heterocycles. The third-order valence-corrected chi connectivity index (χ3v) is 5.25. The second-order valence-electron chi connectivity index (χ2n) is 7.17. The summed E-state index contributed by atoms with van der Waals surface area (Å²) in [5, 5.41) is 9.60. The molecule has 2 nitrogen and oxygen atoms in total. The normalized spacial score (nSPS) is 16.8. The predicted molar refractivity (Wildman–Crippen MR) is 102 cm³/mol. The predicted octanol–water partition coefficient (Wildman–Crippen LogP) is 6.90. The zero-order valence-electron chi connectivity index (χ0n) is 16.4. The Morgan fingerprint density at radius 2 is 1.61 bits per heavy atom. The Labute approximate surface area is 174 Å². The van der Waals surface area contributed by atoms with Gasteiger partial charge in [0.25, 0.3) is 0 Å². The number of nitriles is 1. The maximum Gasteiger partial charge on any atom is 0.435 e. The minimum absolute atomic E-state index is 0.00442. The molecule has 164 valence electrons. The Bertz CT molecular complexity index is 1050. The molecule has 3 rings (SSSR count). The van der Waals surface area contributed by atoms with Gasteiger partial charge in [0.2, 0.25) is 0 Å². The Hall–Kier alpha value is -3.02. The quantitative estimate of drug-likeness (QED) is 0.484. The van der Waals surface area contributed by atoms with E-state index in [0.29, 0.717) is 17.8 Å². The van der Waals surface area contributed by atoms with Gasteiger partial charge in [-0.2, -0.15) is 31.6 Å². The maximum atomic E-state index is 14.7. The fourth-order valence-electron chi connectivity index (χ4n) is 3.79. The fraction of sp³-hybridized carbons (Fsp3) is 0.318. The third-order valence-electron chi connectivity index (χ3n) is 5.25. The SMILES string of the molecule is CCc1cc(C(F)(C(F)(F)F)C(F)(F)F)cc(C)c1N1c2ccccc2C=CC1C#N. The van der Waals surface area contributed by atoms with Crippen LogP contribution in [0.3, 0.4) is 0 Å². The molecule has 0 amide bonds. The van der Waals surface area contributed by atoms with Gasteiger partial charge >= 0.3 is 18.0 Å². The molecule has 0 N–H and O–H groups in total. The molecule has 0 aromatic heterocycles. The lowest BCUT2D eigenvalue weighted by Crippen LogP contribution is -2.50. The second-order valence-corrected chi connectivity index (χ2v) is 7.17. The molecule has 1 atom stereocenters. The van der Waals surface area contributed by atoms with E-state index in [1.54, 1.807) is 41.3 Å². The van der Waals surface area contributed by atoms with Crippen molar-refractivity contribution in [3.63, 3.8) is 0 Å². The van der Waals surface area contributed by atoms with Crippen LogP contribution in [0.4, 0.5) is 42.1 Å². The second kappa shape index (κ2) is 7.59. The van der Waals surface area contributed by atoms with E-state index in [4.69, 9.17) is 0 Å². The molecular weight excluding hydrogens is 425 g/mol. The van der Waals surface area contributed by atoms with E-state index in [1.807, 2.05) is 0 Å². The number of nitrogens with zero attached hydrogens (tertiary/aromatic N) is 2. The van der Waals surface area contributed by atoms with Crippen molar-refractivity contribution in [1.82, 2.24) is 0 Å². The standard InChI is InChI=1S/C22H17F7N2/c1-3-14-11-16(20(23,21(24,25)26)22(27,28)29)10-13(2)19(14)31-17(12-30)9-8-15-6-4-5-7-18(15)31/h4-11,17H,3H2,1-2H3. The van der Waals surface area contributed by atoms with E-state index in [9.17, 15) is 36.0 Å². The summed E-state index contributed by atoms with van der Waals surface area (Å²) in [6.45, 7) is 2.84. The molecule has 1 heterocycles. The summed E-state index contributed by atoms with van der Waals surface area (Å²) in [6, 6.07) is 9.31. The maximum absolute atomic E-state index is 14.7. The lowest BCUT2D eigenvalue weighted by molar-refractivity contribution is -0.348. The molecule has 2 aromatic rings. The van der Waals surface area contributed by atoms with Gasteiger partial charge < -0.3 is 4.90 Å². The summed E-state index contributed by atoms with van der Waals surface area (Å²) in [4.78, 5) is 1.55. The van der Waals surface area contributed by atoms with Gasteiger partial charge in [0.05, 0.1) is 6.07 Å². The lowest BCUT2D eigenvalue weighted by atomic mass is 9.88. The number of alkyl halides is 7. The summed E-state index contributed by atoms with van der Waals surface area (Å²) in [5.41, 5.74) is -5.40. The van der Waals surface area contributed by atoms with E-state index in [2.05, 4.69) is 6.07 Å². The number of anilines is 2. The van der Waals surface area contributed by atoms with E-state index in [-0.39, 0.29) is 23.2 Å². The number of aryl methyl sites for hydroxylation is 2. The highest BCUT2D eigenvalue weighted by Gasteiger charge is 2.73. The van der Waals surface area contributed by atoms with Gasteiger partial charge in [-0.15, -0.1) is 0 Å². The average molecular weight is 442 g/mol. The van der Waals surface area contributed by atoms with Gasteiger partial charge in [-0.3, -0.25) is 0 Å². The van der Waals surface area contributed by atoms with Crippen LogP contribution in [0.2, 0.25) is 0 Å². The van der Waals surface area contributed by atoms with Gasteiger partial charge in [-0.25, -0.2) is 4.39 Å². The highest BCUT2D eigenvalue weighted by molar-refractivity contribution is 5.82. The van der Waals surface area contributed by atoms with Crippen LogP contribution < -0.4 is 4.90 Å². The number of hydrogen-bond acceptors (Lipinski definition) is 2. The molecule has 1 unspecified atom stereocenters. The van der Waals surface area contributed by atoms with Crippen LogP contribution in [0, 0.1) is 18.3 Å². The Morgan fingerprint density at radius 3 is 2.16 bits per heavy atom. The van der Waals surface area contributed by atoms with Crippen LogP contribution in [0.15, 0.2) is 42.5 Å². The van der Waals surface area contributed by atoms with Gasteiger partial charge in [0, 0.05) is 16.9 Å². The third kappa shape index (κ3) is 3.54. The zero-order valence-corrected chi connectivity index (χ0v) is 16.4. The molecule has 0 bridgehead atoms. The monoisotopic (exact) mass is 442 g/mol. The first-order valence-electron chi connectivity index (χ1n) is 9.29. The molecule has 0 spiro atoms. The molecule has 2 aromatic carbocycles. The molecule has 0 saturated carbocycles. The number of rotatable bonds is 3. The molecule has 0 radical (unpaired) electrons. The molecule has 1 aliphatic rings. The van der Waals surface area contributed by atoms with Crippen molar-refractivity contribution in [2.75, 3.05) is 4.90 Å². The summed E-state index contributed by atoms with van der Waals surface area (Å²) in [7, 11) is 0. The minimum atomic E-state index is -6.19. The van der Waals surface area contributed by atoms with Crippen LogP contribution in [0.1, 0.15) is 29.2 Å². The van der Waals surface area contributed by atoms with E-state index < -0.39 is 29.6 Å². The van der Waals surface area contributed by atoms with Crippen molar-refractivity contribution < 1.29 is 30.7 Å². The molecule has 0 saturated heterocycles. The van der Waals surface area contributed by atoms with Crippen molar-refractivity contribution in [1.29, 1.82) is 5.26 Å². The molecular formula is C22H17F7N2. The van der Waals surface area contributed by atoms with Gasteiger partial charge in [0.1, 0.15) is 6.04 Å². The highest BCUT2D eigenvalue weighted by atomic mass is 19.4. The fourth-order valence-corrected chi connectivity index (χ4v) is 3.79. The van der Waals surface area contributed by atoms with E-state index in [0.717, 1.165) is 5.56 Å². The number of benzene rings is 2. The molecule has 31 heavy (non-hydrogen) atoms. The van der Waals surface area contributed by atoms with Crippen LogP contribution in [0.5, 0.6) is 0 Å². The highest BCUT2D eigenvalue weighted by Crippen LogP contribution is 2.54. The Balaban J connectivity index is 2.28. The van der Waals surface area contributed by atoms with Crippen LogP contribution in [0.25, 0.3) is 6.08 Å². The molecule has 9 heteroatoms. The first-order chi connectivity index (χ1) is 14.4. The number of hydrogen-bond donors (Lipinski definition) is 0. The minimum Gasteiger partial charge on any atom is -0.320 e. The summed E-state index contributed by atoms with van der Waals surface area (Å²) >= 11 is 0. The number of halogens is 7. The van der Waals surface area contributed by atoms with Crippen LogP contribution in [-0.2, 0) is 12.1 Å². The van der Waals surface area contributed by atoms with Crippen molar-refractivity contribution in [2.24, 2.45) is 0 Å². The van der Waals surface area contributed by atoms with Crippen molar-refractivity contribution >= 4 is 17.5 Å². The van der Waals surface area contributed by atoms with Gasteiger partial charge in [-0.05, 0) is 48.2 Å². The zero-order chi connectivity index (χ0) is 23.2. The first kappa shape index (κ1) is 22.7. The van der Waals surface area contributed by atoms with E-state index >= 15 is 0 Å². The topological polar surface area (TPSA) is 27.0 Å². The molecule has 0 aliphatic carbocycles. The summed E-state index contributed by atoms with van der Waals surface area (Å²) < 4.78 is 94.3. The van der Waals surface area contributed by atoms with Crippen LogP contribution >= 0.6 is 0 Å². The van der Waals surface area contributed by atoms with Gasteiger partial charge in [0.15, 0.2) is 0 Å². The van der Waals surface area contributed by atoms with Crippen molar-refractivity contribution in [2.45, 2.75) is 44.3 Å². The van der Waals surface area contributed by atoms with Crippen molar-refractivity contribution in [3.05, 3.63) is 64.7 Å². The number of fused-ring (bicyclic) bond motifs is 1. The first-order valence-corrected chi connectivity index (χ1v) is 9.29. The lowest BCUT2D eigenvalue weighted by Gasteiger charge is -2.36. The largest absolute Gasteiger partial charge is 0.435 e. The number of para-hydroxylation sites is 1. The van der Waals surface area contributed by atoms with E-state index in [1.165, 1.54) is 13.8 Å². The average Bonchev–Trinajstić information content (AvgIpc) is 2.70. The summed E-state index contributed by atoms with van der Waals surface area (Å²) in [5.74, 6) is 0. The van der Waals surface area contributed by atoms with Gasteiger partial charge in [-0.1, -0.05) is 37.3 Å². The van der Waals surface area contributed by atoms with Crippen molar-refractivity contribution in [3.8, 4) is 6.07 Å². The summed E-state index contributed by atoms with van der Waals surface area (Å²) in [6.07, 6.45) is -9.06.